The molecule has 368 valence electrons. The van der Waals surface area contributed by atoms with Crippen molar-refractivity contribution in [1.29, 1.82) is 0 Å². The normalized spacial score (nSPS) is 10.7. The summed E-state index contributed by atoms with van der Waals surface area (Å²) in [4.78, 5) is 31.0. The zero-order valence-corrected chi connectivity index (χ0v) is 44.7. The van der Waals surface area contributed by atoms with Crippen molar-refractivity contribution in [3.05, 3.63) is 0 Å². The number of carboxylic acids is 3. The molecule has 0 aromatic rings. The van der Waals surface area contributed by atoms with Crippen molar-refractivity contribution in [3.63, 3.8) is 0 Å². The van der Waals surface area contributed by atoms with Crippen molar-refractivity contribution < 1.29 is 29.7 Å². The second-order valence-electron chi connectivity index (χ2n) is 18.3. The van der Waals surface area contributed by atoms with Crippen LogP contribution in [0.15, 0.2) is 0 Å². The van der Waals surface area contributed by atoms with E-state index < -0.39 is 17.9 Å². The maximum absolute atomic E-state index is 10.3. The van der Waals surface area contributed by atoms with Crippen LogP contribution in [0.5, 0.6) is 0 Å². The molecule has 0 radical (unpaired) electrons. The number of hydrogen-bond acceptors (Lipinski definition) is 3. The number of rotatable bonds is 48. The van der Waals surface area contributed by atoms with Gasteiger partial charge in [-0.15, -0.1) is 0 Å². The molecular formula is C54H111AsO6. The van der Waals surface area contributed by atoms with Gasteiger partial charge in [-0.05, 0) is 19.3 Å². The summed E-state index contributed by atoms with van der Waals surface area (Å²) in [6.45, 7) is 6.81. The van der Waals surface area contributed by atoms with E-state index >= 15 is 0 Å². The molecule has 3 N–H and O–H groups in total. The number of carboxylic acid groups (broad SMARTS) is 3. The van der Waals surface area contributed by atoms with Gasteiger partial charge in [0.15, 0.2) is 0 Å². The Kier molecular flexibility index (Phi) is 69.0. The zero-order valence-electron chi connectivity index (χ0n) is 41.7. The molecule has 1 unspecified atom stereocenters. The van der Waals surface area contributed by atoms with Gasteiger partial charge in [-0.3, -0.25) is 14.4 Å². The van der Waals surface area contributed by atoms with Crippen molar-refractivity contribution in [2.75, 3.05) is 0 Å². The molecule has 0 aromatic carbocycles. The van der Waals surface area contributed by atoms with Gasteiger partial charge in [0.1, 0.15) is 0 Å². The summed E-state index contributed by atoms with van der Waals surface area (Å²) in [5.74, 6) is -1.96. The Morgan fingerprint density at radius 3 is 0.410 bits per heavy atom. The quantitative estimate of drug-likeness (QED) is 0.0414. The molecule has 0 aliphatic carbocycles. The third-order valence-electron chi connectivity index (χ3n) is 12.0. The van der Waals surface area contributed by atoms with Crippen molar-refractivity contribution in [1.82, 2.24) is 0 Å². The van der Waals surface area contributed by atoms with Crippen molar-refractivity contribution in [2.24, 2.45) is 0 Å². The molecule has 0 amide bonds. The molecule has 0 fully saturated rings. The number of carbonyl (C=O) groups is 3. The minimum absolute atomic E-state index is 0. The van der Waals surface area contributed by atoms with Crippen LogP contribution in [0.2, 0.25) is 0 Å². The summed E-state index contributed by atoms with van der Waals surface area (Å²) in [5, 5.41) is 25.6. The Balaban J connectivity index is -0.000000396. The van der Waals surface area contributed by atoms with E-state index in [1.807, 2.05) is 0 Å². The van der Waals surface area contributed by atoms with E-state index in [1.165, 1.54) is 250 Å². The Labute approximate surface area is 392 Å². The predicted octanol–water partition coefficient (Wildman–Crippen LogP) is 17.8. The molecule has 0 aromatic heterocycles. The third-order valence-corrected chi connectivity index (χ3v) is 12.0. The minimum atomic E-state index is -0.653. The van der Waals surface area contributed by atoms with Gasteiger partial charge in [0.05, 0.1) is 0 Å². The van der Waals surface area contributed by atoms with Crippen LogP contribution in [-0.4, -0.2) is 51.2 Å². The van der Waals surface area contributed by atoms with Gasteiger partial charge >= 0.3 is 35.9 Å². The van der Waals surface area contributed by atoms with E-state index in [-0.39, 0.29) is 18.0 Å². The van der Waals surface area contributed by atoms with E-state index in [1.54, 1.807) is 0 Å². The Morgan fingerprint density at radius 2 is 0.311 bits per heavy atom. The van der Waals surface area contributed by atoms with Gasteiger partial charge in [-0.25, -0.2) is 0 Å². The van der Waals surface area contributed by atoms with Gasteiger partial charge in [0, 0.05) is 19.3 Å². The fourth-order valence-corrected chi connectivity index (χ4v) is 7.94. The Hall–Kier alpha value is -1.03. The van der Waals surface area contributed by atoms with Crippen LogP contribution in [0.4, 0.5) is 0 Å². The monoisotopic (exact) mass is 931 g/mol. The molecule has 0 spiro atoms. The van der Waals surface area contributed by atoms with E-state index in [9.17, 15) is 14.4 Å². The summed E-state index contributed by atoms with van der Waals surface area (Å²) in [6.07, 6.45) is 60.6. The molecule has 6 nitrogen and oxygen atoms in total. The van der Waals surface area contributed by atoms with Crippen molar-refractivity contribution in [2.45, 2.75) is 329 Å². The van der Waals surface area contributed by atoms with Gasteiger partial charge in [-0.1, -0.05) is 290 Å². The first-order chi connectivity index (χ1) is 29.3. The standard InChI is InChI=1S/3C18H36O2.AsH3/c3*1-2-3-4-5-6-7-8-9-10-11-12-13-14-15-16-17-18(19)20;/h3*2-17H2,1H3,(H,19,20);1H3. The maximum atomic E-state index is 10.3. The van der Waals surface area contributed by atoms with E-state index in [2.05, 4.69) is 20.8 Å². The van der Waals surface area contributed by atoms with Gasteiger partial charge in [-0.2, -0.15) is 0 Å². The van der Waals surface area contributed by atoms with Gasteiger partial charge < -0.3 is 15.3 Å². The van der Waals surface area contributed by atoms with Crippen LogP contribution < -0.4 is 0 Å². The first-order valence-electron chi connectivity index (χ1n) is 27.0. The van der Waals surface area contributed by atoms with Crippen LogP contribution in [0.1, 0.15) is 329 Å². The van der Waals surface area contributed by atoms with Crippen LogP contribution in [0, 0.1) is 0 Å². The topological polar surface area (TPSA) is 112 Å². The molecule has 0 saturated carbocycles. The van der Waals surface area contributed by atoms with E-state index in [0.29, 0.717) is 19.3 Å². The Bertz CT molecular complexity index is 717. The van der Waals surface area contributed by atoms with Crippen LogP contribution >= 0.6 is 0 Å². The fraction of sp³-hybridized carbons (Fsp3) is 0.944. The zero-order chi connectivity index (χ0) is 44.7. The van der Waals surface area contributed by atoms with Gasteiger partial charge in [0.25, 0.3) is 0 Å². The molecule has 7 heteroatoms. The van der Waals surface area contributed by atoms with E-state index in [0.717, 1.165) is 38.5 Å². The van der Waals surface area contributed by atoms with Gasteiger partial charge in [0.2, 0.25) is 0 Å². The molecule has 61 heavy (non-hydrogen) atoms. The molecule has 0 heterocycles. The molecule has 0 saturated heterocycles. The Morgan fingerprint density at radius 1 is 0.213 bits per heavy atom. The first-order valence-corrected chi connectivity index (χ1v) is 27.0. The molecule has 1 atom stereocenters. The third kappa shape index (κ3) is 76.6. The number of hydrogen-bond donors (Lipinski definition) is 3. The summed E-state index contributed by atoms with van der Waals surface area (Å²) >= 11 is 0. The molecular weight excluding hydrogens is 820 g/mol. The van der Waals surface area contributed by atoms with Crippen LogP contribution in [-0.2, 0) is 14.4 Å². The summed E-state index contributed by atoms with van der Waals surface area (Å²) in [6, 6.07) is 0. The molecule has 0 aliphatic rings. The second-order valence-corrected chi connectivity index (χ2v) is 18.3. The first kappa shape index (κ1) is 66.6. The van der Waals surface area contributed by atoms with Crippen molar-refractivity contribution in [3.8, 4) is 0 Å². The fourth-order valence-electron chi connectivity index (χ4n) is 7.94. The van der Waals surface area contributed by atoms with E-state index in [4.69, 9.17) is 15.3 Å². The summed E-state index contributed by atoms with van der Waals surface area (Å²) in [5.41, 5.74) is 0. The van der Waals surface area contributed by atoms with Crippen molar-refractivity contribution >= 4 is 35.9 Å². The van der Waals surface area contributed by atoms with Crippen LogP contribution in [0.25, 0.3) is 0 Å². The number of unbranched alkanes of at least 4 members (excludes halogenated alkanes) is 42. The van der Waals surface area contributed by atoms with Crippen LogP contribution in [0.3, 0.4) is 0 Å². The predicted molar refractivity (Wildman–Crippen MR) is 271 cm³/mol. The summed E-state index contributed by atoms with van der Waals surface area (Å²) < 4.78 is 0. The summed E-state index contributed by atoms with van der Waals surface area (Å²) in [7, 11) is 0. The SMILES string of the molecule is CCCCCCCCCCCCCCCCCC(=O)O.CCCCCCCCCCCCCCCCCC(=O)O.CCCCCCCCCCCCCCCCCC(=O)O.[AsH3]. The average Bonchev–Trinajstić information content (AvgIpc) is 3.22. The molecule has 0 rings (SSSR count). The second kappa shape index (κ2) is 63.3. The average molecular weight is 931 g/mol. The molecule has 0 bridgehead atoms. The number of aliphatic carboxylic acids is 3. The molecule has 0 aliphatic heterocycles.